The molecule has 0 unspecified atom stereocenters. The first-order valence-corrected chi connectivity index (χ1v) is 4.08. The van der Waals surface area contributed by atoms with Crippen LogP contribution < -0.4 is 10.6 Å². The Hall–Kier alpha value is -0.940. The van der Waals surface area contributed by atoms with Crippen molar-refractivity contribution in [2.24, 2.45) is 0 Å². The Morgan fingerprint density at radius 1 is 1.67 bits per heavy atom. The first kappa shape index (κ1) is 7.70. The second-order valence-electron chi connectivity index (χ2n) is 2.97. The third-order valence-corrected chi connectivity index (χ3v) is 1.90. The Kier molecular flexibility index (Phi) is 2.05. The standard InChI is InChI=1S/C7H12N4O/c1-5-10-7(11-12-5)4-9-6-2-8-3-6/h6,8-9H,2-4H2,1H3. The van der Waals surface area contributed by atoms with Gasteiger partial charge in [0, 0.05) is 26.1 Å². The lowest BCUT2D eigenvalue weighted by molar-refractivity contribution is 0.352. The van der Waals surface area contributed by atoms with Gasteiger partial charge in [-0.1, -0.05) is 5.16 Å². The third-order valence-electron chi connectivity index (χ3n) is 1.90. The summed E-state index contributed by atoms with van der Waals surface area (Å²) in [5.74, 6) is 1.36. The summed E-state index contributed by atoms with van der Waals surface area (Å²) in [5, 5.41) is 10.3. The minimum Gasteiger partial charge on any atom is -0.340 e. The van der Waals surface area contributed by atoms with Crippen molar-refractivity contribution in [3.8, 4) is 0 Å². The largest absolute Gasteiger partial charge is 0.340 e. The second kappa shape index (κ2) is 3.20. The zero-order valence-electron chi connectivity index (χ0n) is 7.00. The Labute approximate surface area is 70.5 Å². The van der Waals surface area contributed by atoms with Gasteiger partial charge in [0.25, 0.3) is 0 Å². The number of nitrogens with zero attached hydrogens (tertiary/aromatic N) is 2. The van der Waals surface area contributed by atoms with Crippen LogP contribution in [0.4, 0.5) is 0 Å². The van der Waals surface area contributed by atoms with Gasteiger partial charge in [0.1, 0.15) is 0 Å². The third kappa shape index (κ3) is 1.62. The van der Waals surface area contributed by atoms with Crippen molar-refractivity contribution in [1.82, 2.24) is 20.8 Å². The molecule has 1 aliphatic rings. The molecule has 2 N–H and O–H groups in total. The van der Waals surface area contributed by atoms with Gasteiger partial charge in [-0.2, -0.15) is 4.98 Å². The van der Waals surface area contributed by atoms with Gasteiger partial charge in [-0.25, -0.2) is 0 Å². The maximum atomic E-state index is 4.83. The first-order valence-electron chi connectivity index (χ1n) is 4.08. The predicted octanol–water partition coefficient (Wildman–Crippen LogP) is -0.561. The van der Waals surface area contributed by atoms with Gasteiger partial charge >= 0.3 is 0 Å². The fourth-order valence-corrected chi connectivity index (χ4v) is 1.08. The summed E-state index contributed by atoms with van der Waals surface area (Å²) < 4.78 is 4.83. The maximum absolute atomic E-state index is 4.83. The molecule has 66 valence electrons. The average molecular weight is 168 g/mol. The van der Waals surface area contributed by atoms with Gasteiger partial charge in [-0.05, 0) is 0 Å². The van der Waals surface area contributed by atoms with Crippen LogP contribution in [0.5, 0.6) is 0 Å². The van der Waals surface area contributed by atoms with Gasteiger partial charge in [0.05, 0.1) is 6.54 Å². The summed E-state index contributed by atoms with van der Waals surface area (Å²) in [6, 6.07) is 0.573. The van der Waals surface area contributed by atoms with Crippen molar-refractivity contribution in [3.63, 3.8) is 0 Å². The number of hydrogen-bond donors (Lipinski definition) is 2. The van der Waals surface area contributed by atoms with E-state index in [2.05, 4.69) is 20.8 Å². The van der Waals surface area contributed by atoms with Gasteiger partial charge in [0.15, 0.2) is 5.82 Å². The van der Waals surface area contributed by atoms with Gasteiger partial charge < -0.3 is 15.2 Å². The summed E-state index contributed by atoms with van der Waals surface area (Å²) in [4.78, 5) is 4.08. The molecule has 2 heterocycles. The molecule has 0 spiro atoms. The van der Waals surface area contributed by atoms with Crippen molar-refractivity contribution in [3.05, 3.63) is 11.7 Å². The summed E-state index contributed by atoms with van der Waals surface area (Å²) in [7, 11) is 0. The van der Waals surface area contributed by atoms with Crippen LogP contribution >= 0.6 is 0 Å². The van der Waals surface area contributed by atoms with Gasteiger partial charge in [-0.3, -0.25) is 0 Å². The Morgan fingerprint density at radius 3 is 3.00 bits per heavy atom. The summed E-state index contributed by atoms with van der Waals surface area (Å²) in [5.41, 5.74) is 0. The van der Waals surface area contributed by atoms with E-state index in [4.69, 9.17) is 4.52 Å². The van der Waals surface area contributed by atoms with Crippen LogP contribution in [0.1, 0.15) is 11.7 Å². The van der Waals surface area contributed by atoms with E-state index >= 15 is 0 Å². The molecule has 5 heteroatoms. The highest BCUT2D eigenvalue weighted by atomic mass is 16.5. The molecule has 0 aliphatic carbocycles. The molecule has 0 radical (unpaired) electrons. The van der Waals surface area contributed by atoms with E-state index in [1.807, 2.05) is 0 Å². The maximum Gasteiger partial charge on any atom is 0.223 e. The van der Waals surface area contributed by atoms with Crippen LogP contribution in [0.2, 0.25) is 0 Å². The smallest absolute Gasteiger partial charge is 0.223 e. The number of hydrogen-bond acceptors (Lipinski definition) is 5. The number of aryl methyl sites for hydroxylation is 1. The van der Waals surface area contributed by atoms with E-state index in [0.717, 1.165) is 18.9 Å². The quantitative estimate of drug-likeness (QED) is 0.633. The molecule has 12 heavy (non-hydrogen) atoms. The molecule has 1 aromatic heterocycles. The molecular formula is C7H12N4O. The molecule has 0 bridgehead atoms. The molecule has 1 aliphatic heterocycles. The lowest BCUT2D eigenvalue weighted by Crippen LogP contribution is -2.55. The topological polar surface area (TPSA) is 63.0 Å². The van der Waals surface area contributed by atoms with Crippen molar-refractivity contribution in [2.45, 2.75) is 19.5 Å². The zero-order chi connectivity index (χ0) is 8.39. The van der Waals surface area contributed by atoms with Crippen LogP contribution in [0, 0.1) is 6.92 Å². The van der Waals surface area contributed by atoms with E-state index in [1.165, 1.54) is 0 Å². The van der Waals surface area contributed by atoms with Gasteiger partial charge in [-0.15, -0.1) is 0 Å². The van der Waals surface area contributed by atoms with Crippen LogP contribution in [0.25, 0.3) is 0 Å². The second-order valence-corrected chi connectivity index (χ2v) is 2.97. The minimum atomic E-state index is 0.573. The number of nitrogens with one attached hydrogen (secondary N) is 2. The summed E-state index contributed by atoms with van der Waals surface area (Å²) >= 11 is 0. The number of aromatic nitrogens is 2. The highest BCUT2D eigenvalue weighted by Crippen LogP contribution is 1.96. The normalized spacial score (nSPS) is 17.8. The molecule has 0 aromatic carbocycles. The first-order chi connectivity index (χ1) is 5.84. The fraction of sp³-hybridized carbons (Fsp3) is 0.714. The molecule has 1 saturated heterocycles. The van der Waals surface area contributed by atoms with Crippen molar-refractivity contribution < 1.29 is 4.52 Å². The monoisotopic (exact) mass is 168 g/mol. The SMILES string of the molecule is Cc1nc(CNC2CNC2)no1. The Balaban J connectivity index is 1.79. The van der Waals surface area contributed by atoms with Crippen LogP contribution in [0.3, 0.4) is 0 Å². The fourth-order valence-electron chi connectivity index (χ4n) is 1.08. The highest BCUT2D eigenvalue weighted by Gasteiger charge is 2.16. The summed E-state index contributed by atoms with van der Waals surface area (Å²) in [6.07, 6.45) is 0. The Bertz CT molecular complexity index is 256. The molecule has 0 atom stereocenters. The molecule has 1 fully saturated rings. The molecule has 1 aromatic rings. The van der Waals surface area contributed by atoms with E-state index in [1.54, 1.807) is 6.92 Å². The Morgan fingerprint density at radius 2 is 2.50 bits per heavy atom. The molecule has 2 rings (SSSR count). The van der Waals surface area contributed by atoms with E-state index < -0.39 is 0 Å². The van der Waals surface area contributed by atoms with E-state index in [0.29, 0.717) is 18.5 Å². The van der Waals surface area contributed by atoms with Crippen molar-refractivity contribution in [2.75, 3.05) is 13.1 Å². The highest BCUT2D eigenvalue weighted by molar-refractivity contribution is 4.87. The van der Waals surface area contributed by atoms with Crippen molar-refractivity contribution in [1.29, 1.82) is 0 Å². The van der Waals surface area contributed by atoms with Crippen LogP contribution in [-0.2, 0) is 6.54 Å². The van der Waals surface area contributed by atoms with E-state index in [9.17, 15) is 0 Å². The average Bonchev–Trinajstić information content (AvgIpc) is 2.32. The minimum absolute atomic E-state index is 0.573. The molecular weight excluding hydrogens is 156 g/mol. The van der Waals surface area contributed by atoms with Gasteiger partial charge in [0.2, 0.25) is 5.89 Å². The lowest BCUT2D eigenvalue weighted by Gasteiger charge is -2.27. The van der Waals surface area contributed by atoms with Crippen molar-refractivity contribution >= 4 is 0 Å². The lowest BCUT2D eigenvalue weighted by atomic mass is 10.2. The summed E-state index contributed by atoms with van der Waals surface area (Å²) in [6.45, 7) is 4.57. The molecule has 5 nitrogen and oxygen atoms in total. The molecule has 0 saturated carbocycles. The molecule has 0 amide bonds. The van der Waals surface area contributed by atoms with E-state index in [-0.39, 0.29) is 0 Å². The van der Waals surface area contributed by atoms with Crippen LogP contribution in [-0.4, -0.2) is 29.3 Å². The van der Waals surface area contributed by atoms with Crippen LogP contribution in [0.15, 0.2) is 4.52 Å². The number of rotatable bonds is 3. The predicted molar refractivity (Wildman–Crippen MR) is 42.5 cm³/mol. The zero-order valence-corrected chi connectivity index (χ0v) is 7.00.